The van der Waals surface area contributed by atoms with Crippen LogP contribution in [0.15, 0.2) is 54.9 Å². The van der Waals surface area contributed by atoms with Gasteiger partial charge < -0.3 is 15.1 Å². The average molecular weight is 566 g/mol. The van der Waals surface area contributed by atoms with Crippen molar-refractivity contribution in [1.82, 2.24) is 34.8 Å². The van der Waals surface area contributed by atoms with Crippen LogP contribution in [0, 0.1) is 5.41 Å². The Hall–Kier alpha value is -4.02. The molecule has 3 aliphatic rings. The number of nitrogens with one attached hydrogen (secondary N) is 2. The molecule has 0 unspecified atom stereocenters. The second-order valence-corrected chi connectivity index (χ2v) is 11.9. The molecular formula is C32H39N9O. The van der Waals surface area contributed by atoms with Gasteiger partial charge in [0.05, 0.1) is 10.9 Å². The molecule has 1 atom stereocenters. The number of fused-ring (bicyclic) bond motifs is 1. The van der Waals surface area contributed by atoms with Crippen LogP contribution in [0.5, 0.6) is 0 Å². The molecule has 2 N–H and O–H groups in total. The molecule has 10 heteroatoms. The highest BCUT2D eigenvalue weighted by Gasteiger charge is 2.50. The van der Waals surface area contributed by atoms with Gasteiger partial charge in [0.1, 0.15) is 6.33 Å². The number of aromatic amines is 1. The first-order valence-corrected chi connectivity index (χ1v) is 15.2. The predicted octanol–water partition coefficient (Wildman–Crippen LogP) is 4.01. The van der Waals surface area contributed by atoms with E-state index in [1.54, 1.807) is 11.0 Å². The van der Waals surface area contributed by atoms with Gasteiger partial charge in [-0.3, -0.25) is 19.5 Å². The summed E-state index contributed by atoms with van der Waals surface area (Å²) in [5, 5.41) is 16.2. The van der Waals surface area contributed by atoms with E-state index in [-0.39, 0.29) is 11.3 Å². The zero-order valence-corrected chi connectivity index (χ0v) is 24.5. The van der Waals surface area contributed by atoms with Crippen LogP contribution in [0.4, 0.5) is 11.5 Å². The van der Waals surface area contributed by atoms with Crippen LogP contribution in [-0.2, 0) is 11.8 Å². The number of hydrogen-bond donors (Lipinski definition) is 2. The number of rotatable bonds is 8. The zero-order valence-electron chi connectivity index (χ0n) is 24.5. The minimum atomic E-state index is -0.248. The van der Waals surface area contributed by atoms with Gasteiger partial charge in [0.25, 0.3) is 0 Å². The smallest absolute Gasteiger partial charge is 0.234 e. The molecule has 4 aromatic rings. The summed E-state index contributed by atoms with van der Waals surface area (Å²) in [6.45, 7) is 9.59. The van der Waals surface area contributed by atoms with Gasteiger partial charge in [-0.2, -0.15) is 10.2 Å². The Morgan fingerprint density at radius 3 is 2.57 bits per heavy atom. The van der Waals surface area contributed by atoms with Crippen LogP contribution in [-0.4, -0.2) is 93.0 Å². The number of benzene rings is 2. The van der Waals surface area contributed by atoms with Gasteiger partial charge in [0.15, 0.2) is 11.6 Å². The normalized spacial score (nSPS) is 21.6. The van der Waals surface area contributed by atoms with Crippen molar-refractivity contribution in [3.63, 3.8) is 0 Å². The van der Waals surface area contributed by atoms with Gasteiger partial charge in [-0.05, 0) is 62.1 Å². The highest BCUT2D eigenvalue weighted by atomic mass is 16.2. The molecule has 2 aromatic heterocycles. The second kappa shape index (κ2) is 11.0. The number of hydrogen-bond acceptors (Lipinski definition) is 7. The number of nitrogens with zero attached hydrogens (tertiary/aromatic N) is 7. The van der Waals surface area contributed by atoms with E-state index >= 15 is 0 Å². The number of likely N-dealkylation sites (tertiary alicyclic amines) is 1. The number of H-pyrrole nitrogens is 1. The molecule has 2 saturated heterocycles. The Balaban J connectivity index is 0.929. The van der Waals surface area contributed by atoms with Crippen LogP contribution in [0.1, 0.15) is 31.7 Å². The van der Waals surface area contributed by atoms with Crippen LogP contribution >= 0.6 is 0 Å². The van der Waals surface area contributed by atoms with Gasteiger partial charge in [-0.1, -0.05) is 30.3 Å². The molecular weight excluding hydrogens is 526 g/mol. The van der Waals surface area contributed by atoms with Crippen molar-refractivity contribution < 1.29 is 4.79 Å². The van der Waals surface area contributed by atoms with E-state index in [4.69, 9.17) is 0 Å². The van der Waals surface area contributed by atoms with Crippen molar-refractivity contribution in [2.24, 2.45) is 12.5 Å². The Morgan fingerprint density at radius 2 is 1.81 bits per heavy atom. The molecule has 218 valence electrons. The van der Waals surface area contributed by atoms with Crippen molar-refractivity contribution in [1.29, 1.82) is 0 Å². The van der Waals surface area contributed by atoms with E-state index in [2.05, 4.69) is 78.7 Å². The maximum Gasteiger partial charge on any atom is 0.234 e. The lowest BCUT2D eigenvalue weighted by Gasteiger charge is -2.29. The summed E-state index contributed by atoms with van der Waals surface area (Å²) in [6, 6.07) is 14.8. The van der Waals surface area contributed by atoms with E-state index in [1.807, 2.05) is 24.1 Å². The summed E-state index contributed by atoms with van der Waals surface area (Å²) in [4.78, 5) is 25.2. The van der Waals surface area contributed by atoms with Gasteiger partial charge >= 0.3 is 0 Å². The lowest BCUT2D eigenvalue weighted by molar-refractivity contribution is -0.125. The summed E-state index contributed by atoms with van der Waals surface area (Å²) < 4.78 is 1.73. The summed E-state index contributed by atoms with van der Waals surface area (Å²) in [7, 11) is 1.89. The first-order valence-electron chi connectivity index (χ1n) is 15.2. The van der Waals surface area contributed by atoms with Gasteiger partial charge in [0.2, 0.25) is 5.91 Å². The summed E-state index contributed by atoms with van der Waals surface area (Å²) >= 11 is 0. The minimum Gasteiger partial charge on any atom is -0.368 e. The minimum absolute atomic E-state index is 0.248. The maximum atomic E-state index is 13.8. The van der Waals surface area contributed by atoms with Gasteiger partial charge in [0, 0.05) is 69.5 Å². The van der Waals surface area contributed by atoms with E-state index in [0.29, 0.717) is 0 Å². The van der Waals surface area contributed by atoms with E-state index in [9.17, 15) is 4.79 Å². The lowest BCUT2D eigenvalue weighted by atomic mass is 9.85. The fraction of sp³-hybridized carbons (Fsp3) is 0.438. The molecule has 1 amide bonds. The third-order valence-electron chi connectivity index (χ3n) is 9.29. The highest BCUT2D eigenvalue weighted by Crippen LogP contribution is 2.43. The summed E-state index contributed by atoms with van der Waals surface area (Å²) in [5.74, 6) is 1.89. The van der Waals surface area contributed by atoms with Crippen LogP contribution in [0.25, 0.3) is 27.9 Å². The molecule has 1 spiro atoms. The topological polar surface area (TPSA) is 98.2 Å². The molecule has 3 aliphatic heterocycles. The highest BCUT2D eigenvalue weighted by molar-refractivity contribution is 6.02. The molecule has 42 heavy (non-hydrogen) atoms. The number of anilines is 2. The molecule has 0 radical (unpaired) electrons. The van der Waals surface area contributed by atoms with E-state index in [1.165, 1.54) is 11.1 Å². The quantitative estimate of drug-likeness (QED) is 0.333. The molecule has 2 aromatic carbocycles. The second-order valence-electron chi connectivity index (χ2n) is 11.9. The fourth-order valence-electron chi connectivity index (χ4n) is 6.83. The number of aromatic nitrogens is 5. The largest absolute Gasteiger partial charge is 0.368 e. The molecule has 10 nitrogen and oxygen atoms in total. The standard InChI is InChI=1S/C32H39N9O/c1-3-33-30-27-20-26(8-9-28(27)35-36-30)41-17-13-32(31(41)42)12-16-40(21-32)19-18-39-14-10-24(11-15-39)23-4-6-25(7-5-23)29-34-22-38(2)37-29/h4-10,20,22H,3,11-19,21H2,1-2H3,(H2,33,35,36)/t32-/m0/s1. The predicted molar refractivity (Wildman–Crippen MR) is 166 cm³/mol. The monoisotopic (exact) mass is 565 g/mol. The SMILES string of the molecule is CCNc1n[nH]c2ccc(N3CC[C@]4(CCN(CCN5CC=C(c6ccc(-c7ncn(C)n7)cc6)CC5)C4)C3=O)cc12. The van der Waals surface area contributed by atoms with Crippen molar-refractivity contribution in [2.45, 2.75) is 26.2 Å². The molecule has 5 heterocycles. The van der Waals surface area contributed by atoms with Crippen molar-refractivity contribution in [3.05, 3.63) is 60.4 Å². The zero-order chi connectivity index (χ0) is 28.7. The van der Waals surface area contributed by atoms with Crippen molar-refractivity contribution in [3.8, 4) is 11.4 Å². The Kier molecular flexibility index (Phi) is 7.03. The van der Waals surface area contributed by atoms with Crippen LogP contribution < -0.4 is 10.2 Å². The molecule has 2 fully saturated rings. The third-order valence-corrected chi connectivity index (χ3v) is 9.29. The molecule has 0 bridgehead atoms. The lowest BCUT2D eigenvalue weighted by Crippen LogP contribution is -2.39. The molecule has 0 saturated carbocycles. The average Bonchev–Trinajstić information content (AvgIpc) is 3.81. The fourth-order valence-corrected chi connectivity index (χ4v) is 6.83. The Labute approximate surface area is 246 Å². The first-order chi connectivity index (χ1) is 20.5. The number of amides is 1. The summed E-state index contributed by atoms with van der Waals surface area (Å²) in [5.41, 5.74) is 5.45. The van der Waals surface area contributed by atoms with E-state index in [0.717, 1.165) is 105 Å². The number of carbonyl (C=O) groups excluding carboxylic acids is 1. The van der Waals surface area contributed by atoms with Crippen LogP contribution in [0.2, 0.25) is 0 Å². The van der Waals surface area contributed by atoms with Crippen molar-refractivity contribution in [2.75, 3.05) is 62.6 Å². The van der Waals surface area contributed by atoms with Gasteiger partial charge in [-0.25, -0.2) is 4.98 Å². The Bertz CT molecular complexity index is 1620. The number of aryl methyl sites for hydroxylation is 1. The van der Waals surface area contributed by atoms with E-state index < -0.39 is 0 Å². The maximum absolute atomic E-state index is 13.8. The first kappa shape index (κ1) is 26.9. The summed E-state index contributed by atoms with van der Waals surface area (Å²) in [6.07, 6.45) is 7.03. The van der Waals surface area contributed by atoms with Gasteiger partial charge in [-0.15, -0.1) is 0 Å². The third kappa shape index (κ3) is 4.98. The van der Waals surface area contributed by atoms with Crippen LogP contribution in [0.3, 0.4) is 0 Å². The van der Waals surface area contributed by atoms with Crippen molar-refractivity contribution >= 4 is 33.9 Å². The number of carbonyl (C=O) groups is 1. The molecule has 7 rings (SSSR count). The Morgan fingerprint density at radius 1 is 1.00 bits per heavy atom. The molecule has 0 aliphatic carbocycles.